The third-order valence-corrected chi connectivity index (χ3v) is 3.99. The van der Waals surface area contributed by atoms with Crippen LogP contribution in [-0.4, -0.2) is 44.1 Å². The largest absolute Gasteiger partial charge is 0.465 e. The van der Waals surface area contributed by atoms with E-state index in [0.717, 1.165) is 19.3 Å². The molecular formula is C18H18F3NO4. The second kappa shape index (κ2) is 7.74. The minimum Gasteiger partial charge on any atom is -0.465 e. The molecule has 1 amide bonds. The van der Waals surface area contributed by atoms with Gasteiger partial charge in [-0.05, 0) is 24.6 Å². The number of carbonyl (C=O) groups is 2. The highest BCUT2D eigenvalue weighted by Gasteiger charge is 2.38. The number of benzene rings is 1. The van der Waals surface area contributed by atoms with E-state index < -0.39 is 23.6 Å². The molecule has 5 nitrogen and oxygen atoms in total. The van der Waals surface area contributed by atoms with Gasteiger partial charge in [0.1, 0.15) is 0 Å². The molecule has 1 aromatic rings. The van der Waals surface area contributed by atoms with Crippen LogP contribution < -0.4 is 0 Å². The number of hydrogen-bond acceptors (Lipinski definition) is 4. The summed E-state index contributed by atoms with van der Waals surface area (Å²) in [5, 5.41) is 0. The van der Waals surface area contributed by atoms with Gasteiger partial charge in [-0.25, -0.2) is 4.79 Å². The average Bonchev–Trinajstić information content (AvgIpc) is 2.82. The Labute approximate surface area is 148 Å². The summed E-state index contributed by atoms with van der Waals surface area (Å²) in [6.45, 7) is 1.92. The smallest absolute Gasteiger partial charge is 0.416 e. The van der Waals surface area contributed by atoms with Crippen LogP contribution in [0.25, 0.3) is 6.08 Å². The standard InChI is InChI=1S/C18H18F3NO4/c1-11-15(17(24)26-3)13(16(23)22(11)8-9-25-2)10-12-6-4-5-7-14(12)18(19,20)21/h4-7,10H,8-9H2,1-3H3/b13-10-. The van der Waals surface area contributed by atoms with Gasteiger partial charge in [0.25, 0.3) is 5.91 Å². The number of nitrogens with zero attached hydrogens (tertiary/aromatic N) is 1. The number of alkyl halides is 3. The van der Waals surface area contributed by atoms with Crippen molar-refractivity contribution in [3.8, 4) is 0 Å². The summed E-state index contributed by atoms with van der Waals surface area (Å²) in [5.41, 5.74) is -0.967. The molecule has 0 N–H and O–H groups in total. The molecule has 0 aliphatic carbocycles. The van der Waals surface area contributed by atoms with Gasteiger partial charge >= 0.3 is 12.1 Å². The highest BCUT2D eigenvalue weighted by Crippen LogP contribution is 2.36. The van der Waals surface area contributed by atoms with E-state index in [-0.39, 0.29) is 29.9 Å². The SMILES string of the molecule is COCCN1C(=O)/C(=C\c2ccccc2C(F)(F)F)C(C(=O)OC)=C1C. The molecule has 0 bridgehead atoms. The minimum atomic E-state index is -4.59. The molecule has 0 atom stereocenters. The molecule has 0 aromatic heterocycles. The Hall–Kier alpha value is -2.61. The molecule has 0 saturated carbocycles. The Kier molecular flexibility index (Phi) is 5.86. The first-order chi connectivity index (χ1) is 12.2. The van der Waals surface area contributed by atoms with Gasteiger partial charge < -0.3 is 14.4 Å². The van der Waals surface area contributed by atoms with E-state index in [2.05, 4.69) is 0 Å². The third-order valence-electron chi connectivity index (χ3n) is 3.99. The molecule has 26 heavy (non-hydrogen) atoms. The maximum Gasteiger partial charge on any atom is 0.416 e. The molecule has 0 spiro atoms. The fourth-order valence-corrected chi connectivity index (χ4v) is 2.72. The first kappa shape index (κ1) is 19.7. The number of esters is 1. The molecule has 8 heteroatoms. The van der Waals surface area contributed by atoms with Gasteiger partial charge in [0.15, 0.2) is 0 Å². The molecule has 1 aliphatic heterocycles. The van der Waals surface area contributed by atoms with E-state index in [0.29, 0.717) is 5.70 Å². The monoisotopic (exact) mass is 369 g/mol. The summed E-state index contributed by atoms with van der Waals surface area (Å²) >= 11 is 0. The van der Waals surface area contributed by atoms with E-state index in [4.69, 9.17) is 9.47 Å². The number of ether oxygens (including phenoxy) is 2. The lowest BCUT2D eigenvalue weighted by atomic mass is 10.00. The molecule has 1 heterocycles. The van der Waals surface area contributed by atoms with E-state index in [1.54, 1.807) is 0 Å². The van der Waals surface area contributed by atoms with Gasteiger partial charge in [0, 0.05) is 19.4 Å². The lowest BCUT2D eigenvalue weighted by Gasteiger charge is -2.17. The van der Waals surface area contributed by atoms with Crippen molar-refractivity contribution in [2.75, 3.05) is 27.4 Å². The van der Waals surface area contributed by atoms with Gasteiger partial charge in [-0.3, -0.25) is 4.79 Å². The zero-order valence-electron chi connectivity index (χ0n) is 14.5. The number of carbonyl (C=O) groups excluding carboxylic acids is 2. The van der Waals surface area contributed by atoms with Crippen molar-refractivity contribution in [3.63, 3.8) is 0 Å². The van der Waals surface area contributed by atoms with Gasteiger partial charge in [0.2, 0.25) is 0 Å². The number of allylic oxidation sites excluding steroid dienone is 1. The van der Waals surface area contributed by atoms with E-state index in [1.165, 1.54) is 37.1 Å². The Balaban J connectivity index is 2.59. The van der Waals surface area contributed by atoms with Crippen LogP contribution in [0.15, 0.2) is 41.1 Å². The van der Waals surface area contributed by atoms with Crippen molar-refractivity contribution in [1.29, 1.82) is 0 Å². The van der Waals surface area contributed by atoms with E-state index >= 15 is 0 Å². The third kappa shape index (κ3) is 3.80. The normalized spacial score (nSPS) is 16.6. The Morgan fingerprint density at radius 3 is 2.46 bits per heavy atom. The van der Waals surface area contributed by atoms with Crippen molar-refractivity contribution >= 4 is 18.0 Å². The van der Waals surface area contributed by atoms with Crippen LogP contribution in [0.5, 0.6) is 0 Å². The molecule has 0 unspecified atom stereocenters. The van der Waals surface area contributed by atoms with Crippen molar-refractivity contribution in [2.24, 2.45) is 0 Å². The Bertz CT molecular complexity index is 781. The first-order valence-corrected chi connectivity index (χ1v) is 7.70. The summed E-state index contributed by atoms with van der Waals surface area (Å²) in [7, 11) is 2.60. The fraction of sp³-hybridized carbons (Fsp3) is 0.333. The average molecular weight is 369 g/mol. The quantitative estimate of drug-likeness (QED) is 0.591. The van der Waals surface area contributed by atoms with Crippen LogP contribution in [0.3, 0.4) is 0 Å². The predicted octanol–water partition coefficient (Wildman–Crippen LogP) is 3.02. The molecular weight excluding hydrogens is 351 g/mol. The second-order valence-electron chi connectivity index (χ2n) is 5.54. The summed E-state index contributed by atoms with van der Waals surface area (Å²) in [6.07, 6.45) is -3.51. The molecule has 1 aliphatic rings. The molecule has 0 fully saturated rings. The summed E-state index contributed by atoms with van der Waals surface area (Å²) in [4.78, 5) is 26.1. The fourth-order valence-electron chi connectivity index (χ4n) is 2.72. The van der Waals surface area contributed by atoms with Gasteiger partial charge in [0.05, 0.1) is 30.4 Å². The Morgan fingerprint density at radius 2 is 1.88 bits per heavy atom. The molecule has 1 aromatic carbocycles. The number of hydrogen-bond donors (Lipinski definition) is 0. The highest BCUT2D eigenvalue weighted by atomic mass is 19.4. The topological polar surface area (TPSA) is 55.8 Å². The first-order valence-electron chi connectivity index (χ1n) is 7.70. The molecule has 2 rings (SSSR count). The van der Waals surface area contributed by atoms with Crippen LogP contribution >= 0.6 is 0 Å². The van der Waals surface area contributed by atoms with E-state index in [9.17, 15) is 22.8 Å². The number of halogens is 3. The number of amides is 1. The van der Waals surface area contributed by atoms with Gasteiger partial charge in [-0.2, -0.15) is 13.2 Å². The van der Waals surface area contributed by atoms with Crippen molar-refractivity contribution in [2.45, 2.75) is 13.1 Å². The summed E-state index contributed by atoms with van der Waals surface area (Å²) in [6, 6.07) is 4.85. The van der Waals surface area contributed by atoms with Crippen LogP contribution in [0, 0.1) is 0 Å². The van der Waals surface area contributed by atoms with Gasteiger partial charge in [-0.15, -0.1) is 0 Å². The number of methoxy groups -OCH3 is 2. The Morgan fingerprint density at radius 1 is 1.23 bits per heavy atom. The van der Waals surface area contributed by atoms with Crippen molar-refractivity contribution in [1.82, 2.24) is 4.90 Å². The van der Waals surface area contributed by atoms with Crippen LogP contribution in [-0.2, 0) is 25.2 Å². The molecule has 140 valence electrons. The summed E-state index contributed by atoms with van der Waals surface area (Å²) in [5.74, 6) is -1.36. The predicted molar refractivity (Wildman–Crippen MR) is 87.7 cm³/mol. The van der Waals surface area contributed by atoms with Crippen LogP contribution in [0.4, 0.5) is 13.2 Å². The van der Waals surface area contributed by atoms with Crippen molar-refractivity contribution < 1.29 is 32.2 Å². The zero-order chi connectivity index (χ0) is 19.5. The van der Waals surface area contributed by atoms with Gasteiger partial charge in [-0.1, -0.05) is 18.2 Å². The second-order valence-corrected chi connectivity index (χ2v) is 5.54. The zero-order valence-corrected chi connectivity index (χ0v) is 14.5. The lowest BCUT2D eigenvalue weighted by molar-refractivity contribution is -0.138. The highest BCUT2D eigenvalue weighted by molar-refractivity contribution is 6.16. The maximum absolute atomic E-state index is 13.2. The maximum atomic E-state index is 13.2. The number of rotatable bonds is 5. The van der Waals surface area contributed by atoms with E-state index in [1.807, 2.05) is 0 Å². The lowest BCUT2D eigenvalue weighted by Crippen LogP contribution is -2.28. The minimum absolute atomic E-state index is 0.0504. The summed E-state index contributed by atoms with van der Waals surface area (Å²) < 4.78 is 49.3. The van der Waals surface area contributed by atoms with Crippen LogP contribution in [0.1, 0.15) is 18.1 Å². The molecule has 0 saturated heterocycles. The van der Waals surface area contributed by atoms with Crippen molar-refractivity contribution in [3.05, 3.63) is 52.2 Å². The molecule has 0 radical (unpaired) electrons. The van der Waals surface area contributed by atoms with Crippen LogP contribution in [0.2, 0.25) is 0 Å².